The highest BCUT2D eigenvalue weighted by Gasteiger charge is 2.12. The molecule has 0 saturated heterocycles. The van der Waals surface area contributed by atoms with Crippen molar-refractivity contribution in [3.63, 3.8) is 0 Å². The van der Waals surface area contributed by atoms with Crippen LogP contribution in [0.1, 0.15) is 36.0 Å². The number of fused-ring (bicyclic) bond motifs is 1. The molecule has 1 heterocycles. The molecule has 0 bridgehead atoms. The van der Waals surface area contributed by atoms with Crippen molar-refractivity contribution in [2.75, 3.05) is 7.11 Å². The van der Waals surface area contributed by atoms with Crippen LogP contribution in [-0.4, -0.2) is 22.6 Å². The van der Waals surface area contributed by atoms with E-state index < -0.39 is 0 Å². The Hall–Kier alpha value is -2.10. The molecule has 0 amide bonds. The van der Waals surface area contributed by atoms with Gasteiger partial charge in [-0.2, -0.15) is 0 Å². The Morgan fingerprint density at radius 1 is 1.37 bits per heavy atom. The van der Waals surface area contributed by atoms with Crippen LogP contribution in [0.25, 0.3) is 16.7 Å². The minimum Gasteiger partial charge on any atom is -0.465 e. The number of nitrogens with zero attached hydrogens (tertiary/aromatic N) is 2. The first-order chi connectivity index (χ1) is 9.29. The van der Waals surface area contributed by atoms with Gasteiger partial charge < -0.3 is 9.30 Å². The Bertz CT molecular complexity index is 655. The molecular weight excluding hydrogens is 240 g/mol. The number of hydrogen-bond acceptors (Lipinski definition) is 3. The topological polar surface area (TPSA) is 44.1 Å². The number of imidazole rings is 1. The maximum Gasteiger partial charge on any atom is 0.337 e. The summed E-state index contributed by atoms with van der Waals surface area (Å²) in [7, 11) is 1.39. The van der Waals surface area contributed by atoms with Crippen molar-refractivity contribution in [3.8, 4) is 0 Å². The van der Waals surface area contributed by atoms with Crippen LogP contribution in [-0.2, 0) is 4.74 Å². The lowest BCUT2D eigenvalue weighted by molar-refractivity contribution is 0.0601. The molecule has 0 atom stereocenters. The average molecular weight is 256 g/mol. The summed E-state index contributed by atoms with van der Waals surface area (Å²) in [5.74, 6) is -0.326. The van der Waals surface area contributed by atoms with Gasteiger partial charge in [-0.05, 0) is 43.9 Å². The Kier molecular flexibility index (Phi) is 3.07. The molecule has 1 aliphatic rings. The lowest BCUT2D eigenvalue weighted by atomic mass is 10.0. The van der Waals surface area contributed by atoms with E-state index in [9.17, 15) is 4.79 Å². The third-order valence-corrected chi connectivity index (χ3v) is 3.54. The van der Waals surface area contributed by atoms with Crippen molar-refractivity contribution in [1.29, 1.82) is 0 Å². The first kappa shape index (κ1) is 12.0. The third kappa shape index (κ3) is 2.14. The summed E-state index contributed by atoms with van der Waals surface area (Å²) in [5, 5.41) is 0. The Balaban J connectivity index is 2.04. The van der Waals surface area contributed by atoms with Crippen LogP contribution < -0.4 is 0 Å². The third-order valence-electron chi connectivity index (χ3n) is 3.54. The predicted molar refractivity (Wildman–Crippen MR) is 73.8 cm³/mol. The van der Waals surface area contributed by atoms with Crippen LogP contribution >= 0.6 is 0 Å². The summed E-state index contributed by atoms with van der Waals surface area (Å²) in [6.07, 6.45) is 8.83. The number of rotatable bonds is 2. The van der Waals surface area contributed by atoms with E-state index in [1.165, 1.54) is 25.6 Å². The van der Waals surface area contributed by atoms with Gasteiger partial charge in [-0.25, -0.2) is 9.78 Å². The lowest BCUT2D eigenvalue weighted by Crippen LogP contribution is -2.02. The Labute approximate surface area is 111 Å². The van der Waals surface area contributed by atoms with Gasteiger partial charge in [0.1, 0.15) is 6.33 Å². The standard InChI is InChI=1S/C15H16N2O2/c1-19-15(18)11-7-8-14-13(9-11)16-10-17(14)12-5-3-2-4-6-12/h5,7-10H,2-4,6H2,1H3. The van der Waals surface area contributed by atoms with E-state index in [0.717, 1.165) is 23.9 Å². The normalized spacial score (nSPS) is 15.3. The molecule has 4 heteroatoms. The van der Waals surface area contributed by atoms with E-state index in [-0.39, 0.29) is 5.97 Å². The van der Waals surface area contributed by atoms with Gasteiger partial charge in [0, 0.05) is 5.70 Å². The average Bonchev–Trinajstić information content (AvgIpc) is 2.90. The number of carbonyl (C=O) groups is 1. The molecule has 0 saturated carbocycles. The number of allylic oxidation sites excluding steroid dienone is 2. The molecule has 1 aromatic heterocycles. The fourth-order valence-electron chi connectivity index (χ4n) is 2.53. The number of aromatic nitrogens is 2. The van der Waals surface area contributed by atoms with E-state index in [1.807, 2.05) is 12.4 Å². The largest absolute Gasteiger partial charge is 0.465 e. The van der Waals surface area contributed by atoms with E-state index in [1.54, 1.807) is 12.1 Å². The quantitative estimate of drug-likeness (QED) is 0.775. The first-order valence-corrected chi connectivity index (χ1v) is 6.54. The fourth-order valence-corrected chi connectivity index (χ4v) is 2.53. The highest BCUT2D eigenvalue weighted by Crippen LogP contribution is 2.26. The molecule has 0 aliphatic heterocycles. The summed E-state index contributed by atoms with van der Waals surface area (Å²) in [6, 6.07) is 5.50. The number of benzene rings is 1. The minimum atomic E-state index is -0.326. The van der Waals surface area contributed by atoms with Gasteiger partial charge in [-0.3, -0.25) is 0 Å². The van der Waals surface area contributed by atoms with Crippen LogP contribution in [0.2, 0.25) is 0 Å². The van der Waals surface area contributed by atoms with Crippen LogP contribution in [0.5, 0.6) is 0 Å². The SMILES string of the molecule is COC(=O)c1ccc2c(c1)ncn2C1=CCCCC1. The van der Waals surface area contributed by atoms with Gasteiger partial charge in [-0.15, -0.1) is 0 Å². The second-order valence-electron chi connectivity index (χ2n) is 4.75. The van der Waals surface area contributed by atoms with Crippen molar-refractivity contribution in [1.82, 2.24) is 9.55 Å². The predicted octanol–water partition coefficient (Wildman–Crippen LogP) is 3.24. The molecule has 0 spiro atoms. The molecule has 1 aliphatic carbocycles. The molecular formula is C15H16N2O2. The number of esters is 1. The summed E-state index contributed by atoms with van der Waals surface area (Å²) in [4.78, 5) is 15.9. The summed E-state index contributed by atoms with van der Waals surface area (Å²) in [5.41, 5.74) is 3.72. The van der Waals surface area contributed by atoms with Crippen molar-refractivity contribution in [2.45, 2.75) is 25.7 Å². The molecule has 2 aromatic rings. The maximum atomic E-state index is 11.5. The molecule has 1 aromatic carbocycles. The Morgan fingerprint density at radius 3 is 3.00 bits per heavy atom. The fraction of sp³-hybridized carbons (Fsp3) is 0.333. The first-order valence-electron chi connectivity index (χ1n) is 6.54. The number of methoxy groups -OCH3 is 1. The highest BCUT2D eigenvalue weighted by atomic mass is 16.5. The lowest BCUT2D eigenvalue weighted by Gasteiger charge is -2.14. The van der Waals surface area contributed by atoms with Crippen LogP contribution in [0, 0.1) is 0 Å². The monoisotopic (exact) mass is 256 g/mol. The molecule has 0 fully saturated rings. The van der Waals surface area contributed by atoms with Gasteiger partial charge in [-0.1, -0.05) is 6.08 Å². The summed E-state index contributed by atoms with van der Waals surface area (Å²) < 4.78 is 6.84. The van der Waals surface area contributed by atoms with E-state index in [2.05, 4.69) is 15.6 Å². The maximum absolute atomic E-state index is 11.5. The Morgan fingerprint density at radius 2 is 2.26 bits per heavy atom. The van der Waals surface area contributed by atoms with Crippen LogP contribution in [0.3, 0.4) is 0 Å². The summed E-state index contributed by atoms with van der Waals surface area (Å²) >= 11 is 0. The van der Waals surface area contributed by atoms with Crippen molar-refractivity contribution in [3.05, 3.63) is 36.2 Å². The van der Waals surface area contributed by atoms with E-state index in [0.29, 0.717) is 5.56 Å². The van der Waals surface area contributed by atoms with Gasteiger partial charge in [0.25, 0.3) is 0 Å². The zero-order valence-corrected chi connectivity index (χ0v) is 10.9. The molecule has 19 heavy (non-hydrogen) atoms. The molecule has 0 N–H and O–H groups in total. The van der Waals surface area contributed by atoms with Gasteiger partial charge in [0.2, 0.25) is 0 Å². The van der Waals surface area contributed by atoms with Gasteiger partial charge >= 0.3 is 5.97 Å². The molecule has 4 nitrogen and oxygen atoms in total. The molecule has 0 radical (unpaired) electrons. The second-order valence-corrected chi connectivity index (χ2v) is 4.75. The minimum absolute atomic E-state index is 0.326. The highest BCUT2D eigenvalue weighted by molar-refractivity contribution is 5.94. The summed E-state index contributed by atoms with van der Waals surface area (Å²) in [6.45, 7) is 0. The molecule has 0 unspecified atom stereocenters. The van der Waals surface area contributed by atoms with E-state index in [4.69, 9.17) is 4.74 Å². The van der Waals surface area contributed by atoms with Crippen LogP contribution in [0.4, 0.5) is 0 Å². The number of hydrogen-bond donors (Lipinski definition) is 0. The van der Waals surface area contributed by atoms with Crippen molar-refractivity contribution < 1.29 is 9.53 Å². The van der Waals surface area contributed by atoms with Gasteiger partial charge in [0.15, 0.2) is 0 Å². The molecule has 98 valence electrons. The van der Waals surface area contributed by atoms with Gasteiger partial charge in [0.05, 0.1) is 23.7 Å². The zero-order chi connectivity index (χ0) is 13.2. The van der Waals surface area contributed by atoms with Crippen molar-refractivity contribution >= 4 is 22.7 Å². The number of ether oxygens (including phenoxy) is 1. The van der Waals surface area contributed by atoms with Crippen molar-refractivity contribution in [2.24, 2.45) is 0 Å². The zero-order valence-electron chi connectivity index (χ0n) is 10.9. The molecule has 3 rings (SSSR count). The van der Waals surface area contributed by atoms with Crippen LogP contribution in [0.15, 0.2) is 30.6 Å². The smallest absolute Gasteiger partial charge is 0.337 e. The second kappa shape index (κ2) is 4.88. The number of carbonyl (C=O) groups excluding carboxylic acids is 1. The van der Waals surface area contributed by atoms with E-state index >= 15 is 0 Å².